The third-order valence-electron chi connectivity index (χ3n) is 3.10. The number of nitrogens with one attached hydrogen (secondary N) is 2. The number of methoxy groups -OCH3 is 1. The van der Waals surface area contributed by atoms with Crippen LogP contribution in [-0.4, -0.2) is 19.3 Å². The highest BCUT2D eigenvalue weighted by Gasteiger charge is 2.21. The highest BCUT2D eigenvalue weighted by molar-refractivity contribution is 5.71. The summed E-state index contributed by atoms with van der Waals surface area (Å²) in [4.78, 5) is 11.0. The number of rotatable bonds is 2. The average Bonchev–Trinajstić information content (AvgIpc) is 2.37. The number of fused-ring (bicyclic) bond motifs is 1. The van der Waals surface area contributed by atoms with Crippen molar-refractivity contribution < 1.29 is 14.3 Å². The Morgan fingerprint density at radius 2 is 2.28 bits per heavy atom. The Morgan fingerprint density at radius 1 is 1.50 bits per heavy atom. The Bertz CT molecular complexity index is 460. The topological polar surface area (TPSA) is 59.6 Å². The van der Waals surface area contributed by atoms with E-state index in [2.05, 4.69) is 22.5 Å². The van der Waals surface area contributed by atoms with Gasteiger partial charge in [0, 0.05) is 0 Å². The number of benzene rings is 1. The summed E-state index contributed by atoms with van der Waals surface area (Å²) in [5.74, 6) is 0.824. The first-order valence-corrected chi connectivity index (χ1v) is 6.01. The first kappa shape index (κ1) is 12.5. The van der Waals surface area contributed by atoms with Crippen molar-refractivity contribution in [2.45, 2.75) is 32.8 Å². The number of carbonyl (C=O) groups excluding carboxylic acids is 1. The van der Waals surface area contributed by atoms with Gasteiger partial charge >= 0.3 is 6.09 Å². The number of aryl methyl sites for hydroxylation is 1. The number of hydrazine groups is 1. The van der Waals surface area contributed by atoms with Gasteiger partial charge in [-0.2, -0.15) is 0 Å². The predicted molar refractivity (Wildman–Crippen MR) is 68.8 cm³/mol. The van der Waals surface area contributed by atoms with Crippen LogP contribution in [0.5, 0.6) is 5.75 Å². The molecule has 1 aliphatic heterocycles. The van der Waals surface area contributed by atoms with Crippen LogP contribution < -0.4 is 15.6 Å². The summed E-state index contributed by atoms with van der Waals surface area (Å²) >= 11 is 0. The molecule has 2 N–H and O–H groups in total. The minimum Gasteiger partial charge on any atom is -0.488 e. The minimum atomic E-state index is -0.534. The number of hydrogen-bond donors (Lipinski definition) is 2. The molecular formula is C13H18N2O3. The standard InChI is InChI=1S/C13H18N2O3/c1-8-4-7-11(14-15-13(16)17-3)12-10(8)6-5-9(2)18-12/h4,7,9,14H,5-6H2,1-3H3,(H,15,16). The molecule has 1 amide bonds. The fourth-order valence-electron chi connectivity index (χ4n) is 2.05. The molecule has 1 atom stereocenters. The molecule has 0 spiro atoms. The Kier molecular flexibility index (Phi) is 3.60. The summed E-state index contributed by atoms with van der Waals surface area (Å²) in [5.41, 5.74) is 8.43. The van der Waals surface area contributed by atoms with Gasteiger partial charge in [-0.15, -0.1) is 0 Å². The molecule has 5 nitrogen and oxygen atoms in total. The normalized spacial score (nSPS) is 17.4. The molecule has 2 rings (SSSR count). The molecular weight excluding hydrogens is 232 g/mol. The molecule has 1 aromatic rings. The van der Waals surface area contributed by atoms with E-state index in [1.54, 1.807) is 0 Å². The smallest absolute Gasteiger partial charge is 0.425 e. The molecule has 1 heterocycles. The Hall–Kier alpha value is -1.91. The molecule has 0 saturated carbocycles. The fraction of sp³-hybridized carbons (Fsp3) is 0.462. The fourth-order valence-corrected chi connectivity index (χ4v) is 2.05. The van der Waals surface area contributed by atoms with Crippen LogP contribution in [0.3, 0.4) is 0 Å². The maximum absolute atomic E-state index is 11.0. The quantitative estimate of drug-likeness (QED) is 0.791. The van der Waals surface area contributed by atoms with E-state index >= 15 is 0 Å². The highest BCUT2D eigenvalue weighted by Crippen LogP contribution is 2.36. The molecule has 98 valence electrons. The molecule has 1 aromatic carbocycles. The van der Waals surface area contributed by atoms with Crippen LogP contribution in [0.1, 0.15) is 24.5 Å². The van der Waals surface area contributed by atoms with Crippen molar-refractivity contribution in [3.05, 3.63) is 23.3 Å². The van der Waals surface area contributed by atoms with Crippen molar-refractivity contribution in [3.63, 3.8) is 0 Å². The molecule has 0 aliphatic carbocycles. The molecule has 1 aliphatic rings. The number of anilines is 1. The second-order valence-electron chi connectivity index (χ2n) is 4.45. The van der Waals surface area contributed by atoms with Crippen molar-refractivity contribution in [1.82, 2.24) is 5.43 Å². The molecule has 0 radical (unpaired) electrons. The molecule has 18 heavy (non-hydrogen) atoms. The predicted octanol–water partition coefficient (Wildman–Crippen LogP) is 2.39. The number of carbonyl (C=O) groups is 1. The van der Waals surface area contributed by atoms with Gasteiger partial charge in [0.1, 0.15) is 5.75 Å². The Morgan fingerprint density at radius 3 is 3.00 bits per heavy atom. The van der Waals surface area contributed by atoms with Gasteiger partial charge in [-0.05, 0) is 43.9 Å². The van der Waals surface area contributed by atoms with Crippen molar-refractivity contribution in [2.24, 2.45) is 0 Å². The third kappa shape index (κ3) is 2.50. The molecule has 5 heteroatoms. The lowest BCUT2D eigenvalue weighted by Gasteiger charge is -2.27. The summed E-state index contributed by atoms with van der Waals surface area (Å²) in [6.07, 6.45) is 1.67. The SMILES string of the molecule is COC(=O)NNc1ccc(C)c2c1OC(C)CC2. The lowest BCUT2D eigenvalue weighted by Crippen LogP contribution is -2.30. The van der Waals surface area contributed by atoms with Crippen LogP contribution in [0.15, 0.2) is 12.1 Å². The molecule has 0 saturated heterocycles. The van der Waals surface area contributed by atoms with E-state index in [1.165, 1.54) is 18.2 Å². The van der Waals surface area contributed by atoms with Crippen LogP contribution in [0.2, 0.25) is 0 Å². The van der Waals surface area contributed by atoms with Crippen LogP contribution in [0.25, 0.3) is 0 Å². The van der Waals surface area contributed by atoms with Crippen molar-refractivity contribution in [2.75, 3.05) is 12.5 Å². The van der Waals surface area contributed by atoms with Gasteiger partial charge in [-0.3, -0.25) is 5.43 Å². The van der Waals surface area contributed by atoms with Gasteiger partial charge in [0.25, 0.3) is 0 Å². The summed E-state index contributed by atoms with van der Waals surface area (Å²) in [6.45, 7) is 4.11. The van der Waals surface area contributed by atoms with Gasteiger partial charge in [0.05, 0.1) is 18.9 Å². The first-order chi connectivity index (χ1) is 8.61. The molecule has 1 unspecified atom stereocenters. The van der Waals surface area contributed by atoms with Gasteiger partial charge in [0.2, 0.25) is 0 Å². The van der Waals surface area contributed by atoms with Crippen molar-refractivity contribution in [3.8, 4) is 5.75 Å². The zero-order valence-corrected chi connectivity index (χ0v) is 10.9. The molecule has 0 aromatic heterocycles. The van der Waals surface area contributed by atoms with E-state index < -0.39 is 6.09 Å². The number of amides is 1. The summed E-state index contributed by atoms with van der Waals surface area (Å²) in [6, 6.07) is 3.90. The summed E-state index contributed by atoms with van der Waals surface area (Å²) in [7, 11) is 1.32. The van der Waals surface area contributed by atoms with Gasteiger partial charge in [0.15, 0.2) is 0 Å². The van der Waals surface area contributed by atoms with Gasteiger partial charge in [-0.1, -0.05) is 6.07 Å². The molecule has 0 bridgehead atoms. The van der Waals surface area contributed by atoms with Crippen LogP contribution >= 0.6 is 0 Å². The van der Waals surface area contributed by atoms with E-state index in [1.807, 2.05) is 19.1 Å². The first-order valence-electron chi connectivity index (χ1n) is 6.01. The Balaban J connectivity index is 2.23. The van der Waals surface area contributed by atoms with Crippen LogP contribution in [0.4, 0.5) is 10.5 Å². The Labute approximate surface area is 106 Å². The number of ether oxygens (including phenoxy) is 2. The van der Waals surface area contributed by atoms with Gasteiger partial charge in [-0.25, -0.2) is 10.2 Å². The second-order valence-corrected chi connectivity index (χ2v) is 4.45. The van der Waals surface area contributed by atoms with E-state index in [0.29, 0.717) is 0 Å². The van der Waals surface area contributed by atoms with E-state index in [-0.39, 0.29) is 6.10 Å². The third-order valence-corrected chi connectivity index (χ3v) is 3.10. The summed E-state index contributed by atoms with van der Waals surface area (Å²) < 4.78 is 10.4. The van der Waals surface area contributed by atoms with Gasteiger partial charge < -0.3 is 9.47 Å². The largest absolute Gasteiger partial charge is 0.488 e. The molecule has 0 fully saturated rings. The van der Waals surface area contributed by atoms with Crippen LogP contribution in [0, 0.1) is 6.92 Å². The zero-order valence-electron chi connectivity index (χ0n) is 10.9. The summed E-state index contributed by atoms with van der Waals surface area (Å²) in [5, 5.41) is 0. The second kappa shape index (κ2) is 5.16. The monoisotopic (exact) mass is 250 g/mol. The maximum atomic E-state index is 11.0. The van der Waals surface area contributed by atoms with Crippen molar-refractivity contribution >= 4 is 11.8 Å². The lowest BCUT2D eigenvalue weighted by molar-refractivity contribution is 0.173. The minimum absolute atomic E-state index is 0.193. The number of hydrogen-bond acceptors (Lipinski definition) is 4. The van der Waals surface area contributed by atoms with E-state index in [4.69, 9.17) is 4.74 Å². The van der Waals surface area contributed by atoms with E-state index in [0.717, 1.165) is 24.3 Å². The zero-order chi connectivity index (χ0) is 13.1. The van der Waals surface area contributed by atoms with Crippen LogP contribution in [-0.2, 0) is 11.2 Å². The van der Waals surface area contributed by atoms with E-state index in [9.17, 15) is 4.79 Å². The average molecular weight is 250 g/mol. The lowest BCUT2D eigenvalue weighted by atomic mass is 9.97. The highest BCUT2D eigenvalue weighted by atomic mass is 16.5. The van der Waals surface area contributed by atoms with Crippen molar-refractivity contribution in [1.29, 1.82) is 0 Å². The maximum Gasteiger partial charge on any atom is 0.425 e.